The first-order valence-electron chi connectivity index (χ1n) is 9.15. The van der Waals surface area contributed by atoms with Crippen LogP contribution in [0.3, 0.4) is 0 Å². The maximum absolute atomic E-state index is 13.0. The molecule has 1 aromatic heterocycles. The second kappa shape index (κ2) is 7.88. The van der Waals surface area contributed by atoms with Crippen molar-refractivity contribution in [3.05, 3.63) is 23.9 Å². The first-order chi connectivity index (χ1) is 13.0. The lowest BCUT2D eigenvalue weighted by molar-refractivity contribution is -0.150. The van der Waals surface area contributed by atoms with Gasteiger partial charge in [-0.05, 0) is 38.2 Å². The van der Waals surface area contributed by atoms with Crippen molar-refractivity contribution < 1.29 is 19.1 Å². The number of hydrogen-bond donors (Lipinski definition) is 0. The Balaban J connectivity index is 1.81. The lowest BCUT2D eigenvalue weighted by Gasteiger charge is -2.46. The summed E-state index contributed by atoms with van der Waals surface area (Å²) in [5.41, 5.74) is 0.0489. The summed E-state index contributed by atoms with van der Waals surface area (Å²) in [6, 6.07) is 3.56. The highest BCUT2D eigenvalue weighted by molar-refractivity contribution is 7.98. The van der Waals surface area contributed by atoms with Gasteiger partial charge in [0.15, 0.2) is 0 Å². The molecule has 1 unspecified atom stereocenters. The van der Waals surface area contributed by atoms with Crippen LogP contribution in [0.5, 0.6) is 0 Å². The van der Waals surface area contributed by atoms with Gasteiger partial charge in [0.2, 0.25) is 5.91 Å². The standard InChI is InChI=1S/C19H25N3O4S/c1-4-22-15(23)12-14(18(25)26-2)19(22)7-10-21(11-8-19)17(24)13-6-5-9-20-16(13)27-3/h5-6,9,14H,4,7-8,10-12H2,1-3H3. The number of pyridine rings is 1. The lowest BCUT2D eigenvalue weighted by Crippen LogP contribution is -2.58. The molecule has 2 saturated heterocycles. The number of rotatable bonds is 4. The van der Waals surface area contributed by atoms with Gasteiger partial charge in [-0.15, -0.1) is 11.8 Å². The predicted octanol–water partition coefficient (Wildman–Crippen LogP) is 1.82. The number of carbonyl (C=O) groups is 3. The van der Waals surface area contributed by atoms with E-state index in [9.17, 15) is 14.4 Å². The molecule has 2 fully saturated rings. The Hall–Kier alpha value is -2.09. The fraction of sp³-hybridized carbons (Fsp3) is 0.579. The molecule has 3 rings (SSSR count). The van der Waals surface area contributed by atoms with Gasteiger partial charge in [0.1, 0.15) is 5.03 Å². The van der Waals surface area contributed by atoms with Crippen molar-refractivity contribution in [2.45, 2.75) is 36.8 Å². The molecule has 1 spiro atoms. The van der Waals surface area contributed by atoms with Crippen molar-refractivity contribution in [2.75, 3.05) is 33.0 Å². The van der Waals surface area contributed by atoms with Gasteiger partial charge in [0, 0.05) is 32.3 Å². The minimum atomic E-state index is -0.549. The third kappa shape index (κ3) is 3.31. The molecule has 0 aliphatic carbocycles. The Bertz CT molecular complexity index is 744. The van der Waals surface area contributed by atoms with E-state index in [2.05, 4.69) is 4.98 Å². The van der Waals surface area contributed by atoms with E-state index in [0.29, 0.717) is 43.1 Å². The first kappa shape index (κ1) is 19.7. The molecule has 0 radical (unpaired) electrons. The van der Waals surface area contributed by atoms with Crippen LogP contribution >= 0.6 is 11.8 Å². The molecule has 0 aromatic carbocycles. The van der Waals surface area contributed by atoms with E-state index >= 15 is 0 Å². The van der Waals surface area contributed by atoms with Crippen molar-refractivity contribution in [1.82, 2.24) is 14.8 Å². The number of likely N-dealkylation sites (tertiary alicyclic amines) is 2. The van der Waals surface area contributed by atoms with Gasteiger partial charge in [0.05, 0.1) is 24.1 Å². The molecule has 0 N–H and O–H groups in total. The van der Waals surface area contributed by atoms with Crippen molar-refractivity contribution in [3.8, 4) is 0 Å². The van der Waals surface area contributed by atoms with Crippen molar-refractivity contribution >= 4 is 29.5 Å². The van der Waals surface area contributed by atoms with Crippen LogP contribution in [-0.2, 0) is 14.3 Å². The molecule has 1 aromatic rings. The van der Waals surface area contributed by atoms with Crippen LogP contribution < -0.4 is 0 Å². The maximum Gasteiger partial charge on any atom is 0.311 e. The predicted molar refractivity (Wildman–Crippen MR) is 101 cm³/mol. The van der Waals surface area contributed by atoms with Crippen LogP contribution in [0.2, 0.25) is 0 Å². The smallest absolute Gasteiger partial charge is 0.311 e. The second-order valence-electron chi connectivity index (χ2n) is 6.87. The number of esters is 1. The van der Waals surface area contributed by atoms with E-state index < -0.39 is 11.5 Å². The number of nitrogens with zero attached hydrogens (tertiary/aromatic N) is 3. The molecular formula is C19H25N3O4S. The topological polar surface area (TPSA) is 79.8 Å². The van der Waals surface area contributed by atoms with Crippen LogP contribution in [0.15, 0.2) is 23.4 Å². The number of hydrogen-bond acceptors (Lipinski definition) is 6. The summed E-state index contributed by atoms with van der Waals surface area (Å²) >= 11 is 1.45. The lowest BCUT2D eigenvalue weighted by atomic mass is 9.76. The van der Waals surface area contributed by atoms with Gasteiger partial charge >= 0.3 is 5.97 Å². The van der Waals surface area contributed by atoms with E-state index in [-0.39, 0.29) is 24.2 Å². The molecule has 1 atom stereocenters. The average Bonchev–Trinajstić information content (AvgIpc) is 2.98. The highest BCUT2D eigenvalue weighted by Gasteiger charge is 2.56. The second-order valence-corrected chi connectivity index (χ2v) is 7.67. The fourth-order valence-corrected chi connectivity index (χ4v) is 4.99. The van der Waals surface area contributed by atoms with Gasteiger partial charge < -0.3 is 14.5 Å². The van der Waals surface area contributed by atoms with Crippen LogP contribution in [0.1, 0.15) is 36.5 Å². The summed E-state index contributed by atoms with van der Waals surface area (Å²) in [5.74, 6) is -0.864. The summed E-state index contributed by atoms with van der Waals surface area (Å²) in [5, 5.41) is 0.710. The van der Waals surface area contributed by atoms with Gasteiger partial charge in [0.25, 0.3) is 5.91 Å². The molecular weight excluding hydrogens is 366 g/mol. The number of methoxy groups -OCH3 is 1. The number of carbonyl (C=O) groups excluding carboxylic acids is 3. The summed E-state index contributed by atoms with van der Waals surface area (Å²) in [4.78, 5) is 45.6. The third-order valence-electron chi connectivity index (χ3n) is 5.78. The zero-order valence-electron chi connectivity index (χ0n) is 15.9. The van der Waals surface area contributed by atoms with E-state index in [4.69, 9.17) is 4.74 Å². The Morgan fingerprint density at radius 1 is 1.37 bits per heavy atom. The third-order valence-corrected chi connectivity index (χ3v) is 6.49. The first-order valence-corrected chi connectivity index (χ1v) is 10.4. The maximum atomic E-state index is 13.0. The number of piperidine rings is 1. The Kier molecular flexibility index (Phi) is 5.74. The Morgan fingerprint density at radius 2 is 2.07 bits per heavy atom. The van der Waals surface area contributed by atoms with Crippen LogP contribution in [0.4, 0.5) is 0 Å². The molecule has 0 saturated carbocycles. The zero-order chi connectivity index (χ0) is 19.6. The number of aromatic nitrogens is 1. The Morgan fingerprint density at radius 3 is 2.67 bits per heavy atom. The van der Waals surface area contributed by atoms with E-state index in [1.54, 1.807) is 23.2 Å². The average molecular weight is 391 g/mol. The highest BCUT2D eigenvalue weighted by atomic mass is 32.2. The van der Waals surface area contributed by atoms with E-state index in [1.807, 2.05) is 18.1 Å². The molecule has 27 heavy (non-hydrogen) atoms. The molecule has 3 heterocycles. The van der Waals surface area contributed by atoms with Crippen molar-refractivity contribution in [3.63, 3.8) is 0 Å². The van der Waals surface area contributed by atoms with Crippen molar-refractivity contribution in [2.24, 2.45) is 5.92 Å². The van der Waals surface area contributed by atoms with Crippen molar-refractivity contribution in [1.29, 1.82) is 0 Å². The van der Waals surface area contributed by atoms with Crippen LogP contribution in [-0.4, -0.2) is 71.1 Å². The van der Waals surface area contributed by atoms with Crippen LogP contribution in [0, 0.1) is 5.92 Å². The minimum Gasteiger partial charge on any atom is -0.469 e. The normalized spacial score (nSPS) is 21.6. The number of thioether (sulfide) groups is 1. The highest BCUT2D eigenvalue weighted by Crippen LogP contribution is 2.44. The van der Waals surface area contributed by atoms with Gasteiger partial charge in [-0.25, -0.2) is 4.98 Å². The number of amides is 2. The molecule has 0 bridgehead atoms. The molecule has 8 heteroatoms. The summed E-state index contributed by atoms with van der Waals surface area (Å²) in [7, 11) is 1.36. The van der Waals surface area contributed by atoms with Gasteiger partial charge in [-0.1, -0.05) is 0 Å². The van der Waals surface area contributed by atoms with Gasteiger partial charge in [-0.3, -0.25) is 14.4 Å². The monoisotopic (exact) mass is 391 g/mol. The Labute approximate surface area is 163 Å². The molecule has 7 nitrogen and oxygen atoms in total. The van der Waals surface area contributed by atoms with E-state index in [0.717, 1.165) is 0 Å². The van der Waals surface area contributed by atoms with E-state index in [1.165, 1.54) is 18.9 Å². The largest absolute Gasteiger partial charge is 0.469 e. The SMILES string of the molecule is CCN1C(=O)CC(C(=O)OC)C12CCN(C(=O)c1cccnc1SC)CC2. The molecule has 2 amide bonds. The summed E-state index contributed by atoms with van der Waals surface area (Å²) in [6.07, 6.45) is 4.92. The summed E-state index contributed by atoms with van der Waals surface area (Å²) in [6.45, 7) is 3.48. The summed E-state index contributed by atoms with van der Waals surface area (Å²) < 4.78 is 4.97. The molecule has 146 valence electrons. The molecule has 2 aliphatic heterocycles. The quantitative estimate of drug-likeness (QED) is 0.575. The van der Waals surface area contributed by atoms with Gasteiger partial charge in [-0.2, -0.15) is 0 Å². The minimum absolute atomic E-state index is 0.00962. The zero-order valence-corrected chi connectivity index (χ0v) is 16.8. The fourth-order valence-electron chi connectivity index (χ4n) is 4.45. The number of ether oxygens (including phenoxy) is 1. The van der Waals surface area contributed by atoms with Crippen LogP contribution in [0.25, 0.3) is 0 Å². The molecule has 2 aliphatic rings.